The van der Waals surface area contributed by atoms with Crippen LogP contribution in [0.25, 0.3) is 11.1 Å². The Balaban J connectivity index is 1.44. The fourth-order valence-electron chi connectivity index (χ4n) is 3.45. The third-order valence-electron chi connectivity index (χ3n) is 4.91. The third kappa shape index (κ3) is 3.99. The van der Waals surface area contributed by atoms with E-state index < -0.39 is 5.76 Å². The summed E-state index contributed by atoms with van der Waals surface area (Å²) in [6, 6.07) is 16.7. The maximum absolute atomic E-state index is 12.7. The van der Waals surface area contributed by atoms with Gasteiger partial charge in [0.15, 0.2) is 5.58 Å². The lowest BCUT2D eigenvalue weighted by Crippen LogP contribution is -2.31. The van der Waals surface area contributed by atoms with E-state index in [9.17, 15) is 9.59 Å². The SMILES string of the molecule is Cn1ccnc1C(NC(=O)CCCn1c(=O)oc2ccccc21)c1ccccc1. The first-order chi connectivity index (χ1) is 14.1. The van der Waals surface area contributed by atoms with Gasteiger partial charge in [-0.1, -0.05) is 42.5 Å². The number of para-hydroxylation sites is 2. The van der Waals surface area contributed by atoms with Gasteiger partial charge in [-0.2, -0.15) is 0 Å². The number of amides is 1. The van der Waals surface area contributed by atoms with E-state index in [4.69, 9.17) is 4.42 Å². The van der Waals surface area contributed by atoms with Crippen LogP contribution < -0.4 is 11.1 Å². The minimum absolute atomic E-state index is 0.0947. The molecule has 1 amide bonds. The zero-order chi connectivity index (χ0) is 20.2. The van der Waals surface area contributed by atoms with Gasteiger partial charge in [0, 0.05) is 32.4 Å². The molecule has 0 saturated heterocycles. The van der Waals surface area contributed by atoms with E-state index in [2.05, 4.69) is 10.3 Å². The maximum Gasteiger partial charge on any atom is 0.419 e. The first-order valence-electron chi connectivity index (χ1n) is 9.53. The molecule has 0 aliphatic rings. The number of nitrogens with one attached hydrogen (secondary N) is 1. The molecule has 0 bridgehead atoms. The largest absolute Gasteiger partial charge is 0.419 e. The normalized spacial score (nSPS) is 12.2. The molecule has 0 aliphatic carbocycles. The van der Waals surface area contributed by atoms with Gasteiger partial charge in [0.25, 0.3) is 0 Å². The Bertz CT molecular complexity index is 1170. The van der Waals surface area contributed by atoms with E-state index in [1.807, 2.05) is 66.3 Å². The molecule has 2 aromatic carbocycles. The van der Waals surface area contributed by atoms with Crippen molar-refractivity contribution in [1.29, 1.82) is 0 Å². The van der Waals surface area contributed by atoms with Crippen molar-refractivity contribution in [2.45, 2.75) is 25.4 Å². The topological polar surface area (TPSA) is 82.1 Å². The molecule has 7 heteroatoms. The predicted octanol–water partition coefficient (Wildman–Crippen LogP) is 3.01. The number of aryl methyl sites for hydroxylation is 2. The van der Waals surface area contributed by atoms with Crippen LogP contribution in [0.3, 0.4) is 0 Å². The van der Waals surface area contributed by atoms with Crippen LogP contribution in [0.2, 0.25) is 0 Å². The monoisotopic (exact) mass is 390 g/mol. The molecule has 4 aromatic rings. The van der Waals surface area contributed by atoms with Gasteiger partial charge in [-0.25, -0.2) is 9.78 Å². The van der Waals surface area contributed by atoms with Gasteiger partial charge < -0.3 is 14.3 Å². The number of aromatic nitrogens is 3. The van der Waals surface area contributed by atoms with Crippen molar-refractivity contribution in [3.8, 4) is 0 Å². The number of benzene rings is 2. The van der Waals surface area contributed by atoms with Crippen LogP contribution in [0.4, 0.5) is 0 Å². The Labute approximate surface area is 167 Å². The minimum Gasteiger partial charge on any atom is -0.408 e. The molecule has 0 radical (unpaired) electrons. The second kappa shape index (κ2) is 8.18. The van der Waals surface area contributed by atoms with Gasteiger partial charge in [0.05, 0.1) is 5.52 Å². The third-order valence-corrected chi connectivity index (χ3v) is 4.91. The summed E-state index contributed by atoms with van der Waals surface area (Å²) in [5, 5.41) is 3.08. The van der Waals surface area contributed by atoms with Crippen LogP contribution >= 0.6 is 0 Å². The van der Waals surface area contributed by atoms with E-state index >= 15 is 0 Å². The summed E-state index contributed by atoms with van der Waals surface area (Å²) >= 11 is 0. The average Bonchev–Trinajstić information content (AvgIpc) is 3.29. The van der Waals surface area contributed by atoms with Crippen molar-refractivity contribution in [3.05, 3.63) is 88.9 Å². The van der Waals surface area contributed by atoms with Crippen molar-refractivity contribution in [2.75, 3.05) is 0 Å². The molecule has 2 aromatic heterocycles. The van der Waals surface area contributed by atoms with Crippen LogP contribution in [0.1, 0.15) is 30.3 Å². The van der Waals surface area contributed by atoms with E-state index in [0.29, 0.717) is 25.0 Å². The van der Waals surface area contributed by atoms with Gasteiger partial charge in [0.2, 0.25) is 5.91 Å². The quantitative estimate of drug-likeness (QED) is 0.526. The van der Waals surface area contributed by atoms with Crippen LogP contribution in [0.15, 0.2) is 76.2 Å². The van der Waals surface area contributed by atoms with Gasteiger partial charge in [-0.3, -0.25) is 9.36 Å². The summed E-state index contributed by atoms with van der Waals surface area (Å²) in [6.45, 7) is 0.418. The fourth-order valence-corrected chi connectivity index (χ4v) is 3.45. The molecule has 7 nitrogen and oxygen atoms in total. The Morgan fingerprint density at radius 3 is 2.66 bits per heavy atom. The highest BCUT2D eigenvalue weighted by Crippen LogP contribution is 2.20. The lowest BCUT2D eigenvalue weighted by Gasteiger charge is -2.19. The number of hydrogen-bond acceptors (Lipinski definition) is 4. The molecule has 29 heavy (non-hydrogen) atoms. The van der Waals surface area contributed by atoms with Gasteiger partial charge >= 0.3 is 5.76 Å². The molecule has 1 atom stereocenters. The average molecular weight is 390 g/mol. The Hall–Kier alpha value is -3.61. The van der Waals surface area contributed by atoms with Crippen LogP contribution in [0, 0.1) is 0 Å². The standard InChI is InChI=1S/C22H22N4O3/c1-25-15-13-23-21(25)20(16-8-3-2-4-9-16)24-19(27)12-7-14-26-17-10-5-6-11-18(17)29-22(26)28/h2-6,8-11,13,15,20H,7,12,14H2,1H3,(H,24,27). The molecule has 2 heterocycles. The fraction of sp³-hybridized carbons (Fsp3) is 0.227. The Morgan fingerprint density at radius 1 is 1.14 bits per heavy atom. The van der Waals surface area contributed by atoms with Gasteiger partial charge in [-0.05, 0) is 24.1 Å². The zero-order valence-electron chi connectivity index (χ0n) is 16.1. The molecule has 0 spiro atoms. The van der Waals surface area contributed by atoms with Crippen LogP contribution in [-0.2, 0) is 18.4 Å². The zero-order valence-corrected chi connectivity index (χ0v) is 16.1. The number of carbonyl (C=O) groups excluding carboxylic acids is 1. The highest BCUT2D eigenvalue weighted by atomic mass is 16.4. The lowest BCUT2D eigenvalue weighted by atomic mass is 10.1. The molecule has 1 N–H and O–H groups in total. The lowest BCUT2D eigenvalue weighted by molar-refractivity contribution is -0.121. The molecule has 4 rings (SSSR count). The number of carbonyl (C=O) groups is 1. The van der Waals surface area contributed by atoms with Crippen molar-refractivity contribution in [3.63, 3.8) is 0 Å². The van der Waals surface area contributed by atoms with E-state index in [-0.39, 0.29) is 11.9 Å². The summed E-state index contributed by atoms with van der Waals surface area (Å²) < 4.78 is 8.70. The van der Waals surface area contributed by atoms with E-state index in [1.54, 1.807) is 16.8 Å². The number of nitrogens with zero attached hydrogens (tertiary/aromatic N) is 3. The first kappa shape index (κ1) is 18.7. The molecule has 148 valence electrons. The van der Waals surface area contributed by atoms with Crippen molar-refractivity contribution < 1.29 is 9.21 Å². The predicted molar refractivity (Wildman–Crippen MR) is 109 cm³/mol. The van der Waals surface area contributed by atoms with E-state index in [0.717, 1.165) is 16.9 Å². The highest BCUT2D eigenvalue weighted by Gasteiger charge is 2.20. The number of hydrogen-bond donors (Lipinski definition) is 1. The van der Waals surface area contributed by atoms with Gasteiger partial charge in [0.1, 0.15) is 11.9 Å². The molecule has 0 saturated carbocycles. The number of rotatable bonds is 7. The first-order valence-corrected chi connectivity index (χ1v) is 9.53. The Morgan fingerprint density at radius 2 is 1.90 bits per heavy atom. The second-order valence-corrected chi connectivity index (χ2v) is 6.90. The van der Waals surface area contributed by atoms with Crippen LogP contribution in [0.5, 0.6) is 0 Å². The van der Waals surface area contributed by atoms with Gasteiger partial charge in [-0.15, -0.1) is 0 Å². The summed E-state index contributed by atoms with van der Waals surface area (Å²) in [7, 11) is 1.90. The number of oxazole rings is 1. The highest BCUT2D eigenvalue weighted by molar-refractivity contribution is 5.77. The molecular weight excluding hydrogens is 368 g/mol. The summed E-state index contributed by atoms with van der Waals surface area (Å²) in [4.78, 5) is 29.1. The molecule has 1 unspecified atom stereocenters. The van der Waals surface area contributed by atoms with E-state index in [1.165, 1.54) is 0 Å². The number of fused-ring (bicyclic) bond motifs is 1. The summed E-state index contributed by atoms with van der Waals surface area (Å²) in [5.74, 6) is 0.270. The van der Waals surface area contributed by atoms with Crippen molar-refractivity contribution in [1.82, 2.24) is 19.4 Å². The van der Waals surface area contributed by atoms with Crippen LogP contribution in [-0.4, -0.2) is 20.0 Å². The minimum atomic E-state index is -0.401. The molecule has 0 aliphatic heterocycles. The molecule has 0 fully saturated rings. The number of imidazole rings is 1. The van der Waals surface area contributed by atoms with Crippen molar-refractivity contribution >= 4 is 17.0 Å². The van der Waals surface area contributed by atoms with Crippen molar-refractivity contribution in [2.24, 2.45) is 7.05 Å². The Kier molecular flexibility index (Phi) is 5.29. The maximum atomic E-state index is 12.7. The second-order valence-electron chi connectivity index (χ2n) is 6.90. The summed E-state index contributed by atoms with van der Waals surface area (Å²) in [6.07, 6.45) is 4.39. The molecular formula is C22H22N4O3. The summed E-state index contributed by atoms with van der Waals surface area (Å²) in [5.41, 5.74) is 2.26. The smallest absolute Gasteiger partial charge is 0.408 e.